The van der Waals surface area contributed by atoms with Gasteiger partial charge in [0.15, 0.2) is 5.96 Å². The third-order valence-corrected chi connectivity index (χ3v) is 6.27. The first-order valence-corrected chi connectivity index (χ1v) is 12.1. The summed E-state index contributed by atoms with van der Waals surface area (Å²) >= 11 is 0. The van der Waals surface area contributed by atoms with Gasteiger partial charge in [-0.15, -0.1) is 0 Å². The van der Waals surface area contributed by atoms with Gasteiger partial charge in [0.25, 0.3) is 0 Å². The van der Waals surface area contributed by atoms with Gasteiger partial charge >= 0.3 is 5.97 Å². The van der Waals surface area contributed by atoms with Gasteiger partial charge in [-0.25, -0.2) is 0 Å². The lowest BCUT2D eigenvalue weighted by atomic mass is 10.0. The summed E-state index contributed by atoms with van der Waals surface area (Å²) in [7, 11) is 0. The number of aromatic amines is 1. The molecule has 3 unspecified atom stereocenters. The van der Waals surface area contributed by atoms with Crippen molar-refractivity contribution in [2.24, 2.45) is 22.2 Å². The van der Waals surface area contributed by atoms with Crippen LogP contribution < -0.4 is 27.8 Å². The zero-order valence-corrected chi connectivity index (χ0v) is 20.5. The number of carbonyl (C=O) groups is 4. The zero-order valence-electron chi connectivity index (χ0n) is 20.5. The average molecular weight is 515 g/mol. The van der Waals surface area contributed by atoms with Crippen LogP contribution in [0.2, 0.25) is 0 Å². The summed E-state index contributed by atoms with van der Waals surface area (Å²) in [6.07, 6.45) is 3.72. The van der Waals surface area contributed by atoms with Crippen molar-refractivity contribution >= 4 is 40.6 Å². The molecule has 13 heteroatoms. The summed E-state index contributed by atoms with van der Waals surface area (Å²) in [4.78, 5) is 58.5. The number of carboxylic acids is 1. The molecule has 0 spiro atoms. The lowest BCUT2D eigenvalue weighted by Crippen LogP contribution is -2.56. The molecule has 0 bridgehead atoms. The van der Waals surface area contributed by atoms with E-state index in [1.807, 2.05) is 24.3 Å². The van der Waals surface area contributed by atoms with E-state index in [1.54, 1.807) is 6.20 Å². The van der Waals surface area contributed by atoms with Gasteiger partial charge in [-0.05, 0) is 37.3 Å². The highest BCUT2D eigenvalue weighted by molar-refractivity contribution is 5.95. The zero-order chi connectivity index (χ0) is 26.9. The van der Waals surface area contributed by atoms with Crippen molar-refractivity contribution < 1.29 is 24.3 Å². The summed E-state index contributed by atoms with van der Waals surface area (Å²) in [6, 6.07) is 4.90. The first-order valence-electron chi connectivity index (χ1n) is 12.1. The first-order chi connectivity index (χ1) is 17.7. The molecule has 1 aromatic heterocycles. The number of aromatic nitrogens is 1. The second kappa shape index (κ2) is 12.7. The van der Waals surface area contributed by atoms with Crippen LogP contribution in [0.1, 0.15) is 31.2 Å². The Balaban J connectivity index is 1.77. The number of carboxylic acid groups (broad SMARTS) is 1. The Morgan fingerprint density at radius 3 is 2.70 bits per heavy atom. The average Bonchev–Trinajstić information content (AvgIpc) is 3.51. The lowest BCUT2D eigenvalue weighted by Gasteiger charge is -2.29. The number of nitrogens with zero attached hydrogens (tertiary/aromatic N) is 2. The predicted octanol–water partition coefficient (Wildman–Crippen LogP) is -1.23. The number of carbonyl (C=O) groups excluding carboxylic acids is 3. The van der Waals surface area contributed by atoms with E-state index in [9.17, 15) is 19.2 Å². The Hall–Kier alpha value is -4.13. The molecule has 37 heavy (non-hydrogen) atoms. The van der Waals surface area contributed by atoms with Gasteiger partial charge in [0.2, 0.25) is 17.7 Å². The number of aliphatic imine (C=N–C) groups is 1. The molecular formula is C24H34N8O5. The SMILES string of the molecule is NC(N)=NCCCC(N)C(=O)NC(Cc1c[nH]c2ccccc12)C(=O)N1CCCC1C(=O)NCC(=O)O. The molecule has 0 saturated carbocycles. The van der Waals surface area contributed by atoms with Gasteiger partial charge in [-0.1, -0.05) is 18.2 Å². The highest BCUT2D eigenvalue weighted by Crippen LogP contribution is 2.23. The smallest absolute Gasteiger partial charge is 0.322 e. The normalized spacial score (nSPS) is 16.7. The predicted molar refractivity (Wildman–Crippen MR) is 137 cm³/mol. The number of nitrogens with two attached hydrogens (primary N) is 3. The van der Waals surface area contributed by atoms with Crippen LogP contribution in [0, 0.1) is 0 Å². The van der Waals surface area contributed by atoms with Crippen LogP contribution in [0.5, 0.6) is 0 Å². The number of likely N-dealkylation sites (tertiary alicyclic amines) is 1. The molecule has 1 aliphatic heterocycles. The molecule has 3 atom stereocenters. The van der Waals surface area contributed by atoms with Gasteiger partial charge in [-0.3, -0.25) is 24.2 Å². The number of guanidine groups is 1. The van der Waals surface area contributed by atoms with Crippen LogP contribution in [0.25, 0.3) is 10.9 Å². The van der Waals surface area contributed by atoms with E-state index in [0.717, 1.165) is 16.5 Å². The van der Waals surface area contributed by atoms with E-state index >= 15 is 0 Å². The van der Waals surface area contributed by atoms with Crippen LogP contribution in [0.3, 0.4) is 0 Å². The molecule has 0 aliphatic carbocycles. The molecule has 1 aromatic carbocycles. The molecule has 13 nitrogen and oxygen atoms in total. The summed E-state index contributed by atoms with van der Waals surface area (Å²) in [5.41, 5.74) is 18.4. The van der Waals surface area contributed by atoms with Crippen LogP contribution >= 0.6 is 0 Å². The molecule has 2 heterocycles. The Kier molecular flexibility index (Phi) is 9.44. The van der Waals surface area contributed by atoms with Gasteiger partial charge in [-0.2, -0.15) is 0 Å². The van der Waals surface area contributed by atoms with E-state index in [-0.39, 0.29) is 12.4 Å². The summed E-state index contributed by atoms with van der Waals surface area (Å²) in [6.45, 7) is 0.0955. The molecule has 3 rings (SSSR count). The highest BCUT2D eigenvalue weighted by Gasteiger charge is 2.38. The largest absolute Gasteiger partial charge is 0.480 e. The van der Waals surface area contributed by atoms with E-state index in [4.69, 9.17) is 22.3 Å². The molecule has 200 valence electrons. The second-order valence-corrected chi connectivity index (χ2v) is 8.98. The maximum Gasteiger partial charge on any atom is 0.322 e. The van der Waals surface area contributed by atoms with Crippen LogP contribution in [0.15, 0.2) is 35.5 Å². The van der Waals surface area contributed by atoms with Gasteiger partial charge in [0, 0.05) is 36.6 Å². The minimum absolute atomic E-state index is 0.0463. The van der Waals surface area contributed by atoms with Crippen molar-refractivity contribution in [1.82, 2.24) is 20.5 Å². The molecule has 10 N–H and O–H groups in total. The number of para-hydroxylation sites is 1. The minimum atomic E-state index is -1.18. The summed E-state index contributed by atoms with van der Waals surface area (Å²) in [5.74, 6) is -2.70. The van der Waals surface area contributed by atoms with E-state index in [0.29, 0.717) is 38.8 Å². The lowest BCUT2D eigenvalue weighted by molar-refractivity contribution is -0.142. The van der Waals surface area contributed by atoms with E-state index < -0.39 is 48.4 Å². The standard InChI is InChI=1S/C24H34N8O5/c25-16(6-3-9-28-24(26)27)21(35)31-18(11-14-12-29-17-7-2-1-5-15(14)17)23(37)32-10-4-8-19(32)22(36)30-13-20(33)34/h1-2,5,7,12,16,18-19,29H,3-4,6,8-11,13,25H2,(H,30,36)(H,31,35)(H,33,34)(H4,26,27,28). The monoisotopic (exact) mass is 514 g/mol. The second-order valence-electron chi connectivity index (χ2n) is 8.98. The Bertz CT molecular complexity index is 1160. The third kappa shape index (κ3) is 7.43. The fraction of sp³-hybridized carbons (Fsp3) is 0.458. The number of H-pyrrole nitrogens is 1. The maximum atomic E-state index is 13.7. The van der Waals surface area contributed by atoms with Gasteiger partial charge < -0.3 is 42.8 Å². The number of aliphatic carboxylic acids is 1. The highest BCUT2D eigenvalue weighted by atomic mass is 16.4. The molecule has 1 aliphatic rings. The van der Waals surface area contributed by atoms with Crippen molar-refractivity contribution in [2.75, 3.05) is 19.6 Å². The molecule has 3 amide bonds. The van der Waals surface area contributed by atoms with Crippen molar-refractivity contribution in [3.8, 4) is 0 Å². The topological polar surface area (TPSA) is 222 Å². The van der Waals surface area contributed by atoms with Crippen molar-refractivity contribution in [2.45, 2.75) is 50.2 Å². The fourth-order valence-electron chi connectivity index (χ4n) is 4.43. The van der Waals surface area contributed by atoms with Crippen LogP contribution in [-0.4, -0.2) is 82.4 Å². The maximum absolute atomic E-state index is 13.7. The van der Waals surface area contributed by atoms with Crippen LogP contribution in [-0.2, 0) is 25.6 Å². The molecular weight excluding hydrogens is 480 g/mol. The quantitative estimate of drug-likeness (QED) is 0.103. The number of benzene rings is 1. The number of rotatable bonds is 12. The number of hydrogen-bond donors (Lipinski definition) is 7. The number of fused-ring (bicyclic) bond motifs is 1. The third-order valence-electron chi connectivity index (χ3n) is 6.27. The Morgan fingerprint density at radius 2 is 1.97 bits per heavy atom. The molecule has 0 radical (unpaired) electrons. The van der Waals surface area contributed by atoms with Crippen molar-refractivity contribution in [1.29, 1.82) is 0 Å². The summed E-state index contributed by atoms with van der Waals surface area (Å²) in [5, 5.41) is 14.9. The Morgan fingerprint density at radius 1 is 1.22 bits per heavy atom. The molecule has 2 aromatic rings. The van der Waals surface area contributed by atoms with Gasteiger partial charge in [0.1, 0.15) is 18.6 Å². The summed E-state index contributed by atoms with van der Waals surface area (Å²) < 4.78 is 0. The number of amides is 3. The molecule has 1 fully saturated rings. The van der Waals surface area contributed by atoms with Crippen LogP contribution in [0.4, 0.5) is 0 Å². The van der Waals surface area contributed by atoms with Crippen molar-refractivity contribution in [3.63, 3.8) is 0 Å². The van der Waals surface area contributed by atoms with E-state index in [1.165, 1.54) is 4.90 Å². The van der Waals surface area contributed by atoms with Gasteiger partial charge in [0.05, 0.1) is 6.04 Å². The minimum Gasteiger partial charge on any atom is -0.480 e. The Labute approximate surface area is 213 Å². The number of nitrogens with one attached hydrogen (secondary N) is 3. The molecule has 1 saturated heterocycles. The first kappa shape index (κ1) is 27.5. The van der Waals surface area contributed by atoms with E-state index in [2.05, 4.69) is 20.6 Å². The fourth-order valence-corrected chi connectivity index (χ4v) is 4.43. The number of hydrogen-bond acceptors (Lipinski definition) is 6. The van der Waals surface area contributed by atoms with Crippen molar-refractivity contribution in [3.05, 3.63) is 36.0 Å².